The molecule has 0 aliphatic rings. The maximum absolute atomic E-state index is 4.92. The molecule has 0 fully saturated rings. The van der Waals surface area contributed by atoms with E-state index in [4.69, 9.17) is 4.42 Å². The van der Waals surface area contributed by atoms with Gasteiger partial charge < -0.3 is 4.42 Å². The summed E-state index contributed by atoms with van der Waals surface area (Å²) >= 11 is 0. The van der Waals surface area contributed by atoms with Gasteiger partial charge in [0.1, 0.15) is 5.76 Å². The third-order valence-corrected chi connectivity index (χ3v) is 0.800. The van der Waals surface area contributed by atoms with Crippen molar-refractivity contribution in [1.82, 2.24) is 0 Å². The van der Waals surface area contributed by atoms with E-state index in [0.29, 0.717) is 0 Å². The zero-order valence-corrected chi connectivity index (χ0v) is 4.66. The van der Waals surface area contributed by atoms with E-state index in [2.05, 4.69) is 4.99 Å². The molecule has 1 aromatic heterocycles. The maximum Gasteiger partial charge on any atom is 0.144 e. The van der Waals surface area contributed by atoms with Gasteiger partial charge in [-0.15, -0.1) is 0 Å². The molecule has 0 bridgehead atoms. The molecule has 0 spiro atoms. The van der Waals surface area contributed by atoms with E-state index in [1.165, 1.54) is 0 Å². The van der Waals surface area contributed by atoms with Crippen molar-refractivity contribution < 1.29 is 4.42 Å². The van der Waals surface area contributed by atoms with Crippen molar-refractivity contribution in [3.05, 3.63) is 24.2 Å². The molecule has 0 N–H and O–H groups in total. The van der Waals surface area contributed by atoms with Gasteiger partial charge >= 0.3 is 0 Å². The fraction of sp³-hybridized carbons (Fsp3) is 0.167. The molecule has 0 aliphatic carbocycles. The van der Waals surface area contributed by atoms with Crippen molar-refractivity contribution in [2.24, 2.45) is 4.99 Å². The highest BCUT2D eigenvalue weighted by molar-refractivity contribution is 5.75. The lowest BCUT2D eigenvalue weighted by Crippen LogP contribution is -1.69. The summed E-state index contributed by atoms with van der Waals surface area (Å²) in [6, 6.07) is 3.68. The molecule has 1 heterocycles. The van der Waals surface area contributed by atoms with Crippen LogP contribution < -0.4 is 0 Å². The lowest BCUT2D eigenvalue weighted by molar-refractivity contribution is 0.560. The molecular weight excluding hydrogens is 102 g/mol. The Bertz CT molecular complexity index is 165. The topological polar surface area (TPSA) is 25.5 Å². The third kappa shape index (κ3) is 0.964. The average molecular weight is 109 g/mol. The van der Waals surface area contributed by atoms with Crippen LogP contribution in [-0.2, 0) is 0 Å². The Balaban J connectivity index is 2.77. The predicted molar refractivity (Wildman–Crippen MR) is 32.2 cm³/mol. The highest BCUT2D eigenvalue weighted by atomic mass is 16.3. The summed E-state index contributed by atoms with van der Waals surface area (Å²) in [5, 5.41) is 0. The smallest absolute Gasteiger partial charge is 0.144 e. The van der Waals surface area contributed by atoms with Crippen LogP contribution in [0.25, 0.3) is 0 Å². The second-order valence-corrected chi connectivity index (χ2v) is 1.40. The standard InChI is InChI=1S/C6H7NO/c1-7-5-6-3-2-4-8-6/h2-5H,1H3. The summed E-state index contributed by atoms with van der Waals surface area (Å²) < 4.78 is 4.92. The summed E-state index contributed by atoms with van der Waals surface area (Å²) in [5.74, 6) is 0.799. The van der Waals surface area contributed by atoms with Crippen molar-refractivity contribution >= 4 is 6.21 Å². The Morgan fingerprint density at radius 3 is 3.12 bits per heavy atom. The highest BCUT2D eigenvalue weighted by Gasteiger charge is 1.83. The lowest BCUT2D eigenvalue weighted by Gasteiger charge is -1.75. The van der Waals surface area contributed by atoms with Crippen LogP contribution in [0.2, 0.25) is 0 Å². The van der Waals surface area contributed by atoms with Gasteiger partial charge in [-0.1, -0.05) is 0 Å². The molecule has 0 saturated carbocycles. The molecule has 0 saturated heterocycles. The molecule has 42 valence electrons. The van der Waals surface area contributed by atoms with E-state index in [0.717, 1.165) is 5.76 Å². The van der Waals surface area contributed by atoms with Gasteiger partial charge in [-0.05, 0) is 12.1 Å². The van der Waals surface area contributed by atoms with Crippen LogP contribution in [-0.4, -0.2) is 13.3 Å². The van der Waals surface area contributed by atoms with Gasteiger partial charge in [0.25, 0.3) is 0 Å². The summed E-state index contributed by atoms with van der Waals surface area (Å²) in [6.07, 6.45) is 3.29. The quantitative estimate of drug-likeness (QED) is 0.499. The van der Waals surface area contributed by atoms with Gasteiger partial charge in [-0.25, -0.2) is 0 Å². The Morgan fingerprint density at radius 2 is 2.62 bits per heavy atom. The first-order valence-electron chi connectivity index (χ1n) is 2.39. The van der Waals surface area contributed by atoms with Crippen LogP contribution >= 0.6 is 0 Å². The molecule has 0 aromatic carbocycles. The predicted octanol–water partition coefficient (Wildman–Crippen LogP) is 1.33. The molecular formula is C6H7NO. The summed E-state index contributed by atoms with van der Waals surface area (Å²) in [4.78, 5) is 3.76. The number of hydrogen-bond donors (Lipinski definition) is 0. The molecule has 2 heteroatoms. The first kappa shape index (κ1) is 5.09. The van der Waals surface area contributed by atoms with E-state index in [1.54, 1.807) is 19.5 Å². The first-order valence-corrected chi connectivity index (χ1v) is 2.39. The normalized spacial score (nSPS) is 10.6. The van der Waals surface area contributed by atoms with Crippen LogP contribution in [0, 0.1) is 0 Å². The molecule has 0 unspecified atom stereocenters. The van der Waals surface area contributed by atoms with Crippen molar-refractivity contribution in [3.8, 4) is 0 Å². The van der Waals surface area contributed by atoms with E-state index in [1.807, 2.05) is 12.1 Å². The van der Waals surface area contributed by atoms with Crippen LogP contribution in [0.1, 0.15) is 5.76 Å². The van der Waals surface area contributed by atoms with E-state index in [9.17, 15) is 0 Å². The van der Waals surface area contributed by atoms with Crippen molar-refractivity contribution in [2.75, 3.05) is 7.05 Å². The third-order valence-electron chi connectivity index (χ3n) is 0.800. The summed E-state index contributed by atoms with van der Waals surface area (Å²) in [5.41, 5.74) is 0. The van der Waals surface area contributed by atoms with Crippen LogP contribution in [0.15, 0.2) is 27.8 Å². The zero-order chi connectivity index (χ0) is 5.82. The van der Waals surface area contributed by atoms with Crippen molar-refractivity contribution in [1.29, 1.82) is 0 Å². The SMILES string of the molecule is CN=Cc1ccco1. The molecule has 1 rings (SSSR count). The number of nitrogens with zero attached hydrogens (tertiary/aromatic N) is 1. The molecule has 1 aromatic rings. The molecule has 8 heavy (non-hydrogen) atoms. The molecule has 0 atom stereocenters. The first-order chi connectivity index (χ1) is 3.93. The van der Waals surface area contributed by atoms with Crippen LogP contribution in [0.3, 0.4) is 0 Å². The van der Waals surface area contributed by atoms with Gasteiger partial charge in [0.15, 0.2) is 0 Å². The van der Waals surface area contributed by atoms with E-state index in [-0.39, 0.29) is 0 Å². The minimum atomic E-state index is 0.799. The monoisotopic (exact) mass is 109 g/mol. The van der Waals surface area contributed by atoms with Crippen LogP contribution in [0.4, 0.5) is 0 Å². The Labute approximate surface area is 47.9 Å². The Kier molecular flexibility index (Phi) is 1.47. The number of aliphatic imine (C=N–C) groups is 1. The lowest BCUT2D eigenvalue weighted by atomic mass is 10.5. The number of furan rings is 1. The van der Waals surface area contributed by atoms with Gasteiger partial charge in [0, 0.05) is 7.05 Å². The Morgan fingerprint density at radius 1 is 1.75 bits per heavy atom. The van der Waals surface area contributed by atoms with Gasteiger partial charge in [0.2, 0.25) is 0 Å². The summed E-state index contributed by atoms with van der Waals surface area (Å²) in [6.45, 7) is 0. The molecule has 0 aliphatic heterocycles. The second kappa shape index (κ2) is 2.31. The fourth-order valence-corrected chi connectivity index (χ4v) is 0.492. The van der Waals surface area contributed by atoms with Gasteiger partial charge in [0.05, 0.1) is 12.5 Å². The summed E-state index contributed by atoms with van der Waals surface area (Å²) in [7, 11) is 1.71. The maximum atomic E-state index is 4.92. The highest BCUT2D eigenvalue weighted by Crippen LogP contribution is 1.93. The molecule has 0 radical (unpaired) electrons. The zero-order valence-electron chi connectivity index (χ0n) is 4.66. The van der Waals surface area contributed by atoms with E-state index < -0.39 is 0 Å². The fourth-order valence-electron chi connectivity index (χ4n) is 0.492. The minimum Gasteiger partial charge on any atom is -0.463 e. The van der Waals surface area contributed by atoms with Gasteiger partial charge in [-0.2, -0.15) is 0 Å². The van der Waals surface area contributed by atoms with Crippen molar-refractivity contribution in [2.45, 2.75) is 0 Å². The van der Waals surface area contributed by atoms with E-state index >= 15 is 0 Å². The minimum absolute atomic E-state index is 0.799. The number of hydrogen-bond acceptors (Lipinski definition) is 2. The molecule has 0 amide bonds. The average Bonchev–Trinajstić information content (AvgIpc) is 2.19. The van der Waals surface area contributed by atoms with Crippen LogP contribution in [0.5, 0.6) is 0 Å². The van der Waals surface area contributed by atoms with Gasteiger partial charge in [-0.3, -0.25) is 4.99 Å². The second-order valence-electron chi connectivity index (χ2n) is 1.40. The van der Waals surface area contributed by atoms with Crippen molar-refractivity contribution in [3.63, 3.8) is 0 Å². The number of rotatable bonds is 1. The largest absolute Gasteiger partial charge is 0.463 e. The molecule has 2 nitrogen and oxygen atoms in total. The Hall–Kier alpha value is -1.05.